The zero-order valence-electron chi connectivity index (χ0n) is 13.3. The van der Waals surface area contributed by atoms with Gasteiger partial charge in [0.15, 0.2) is 0 Å². The summed E-state index contributed by atoms with van der Waals surface area (Å²) in [4.78, 5) is 2.12. The Bertz CT molecular complexity index is 407. The molecule has 0 radical (unpaired) electrons. The third kappa shape index (κ3) is 6.37. The van der Waals surface area contributed by atoms with Gasteiger partial charge in [-0.3, -0.25) is 0 Å². The molecule has 114 valence electrons. The summed E-state index contributed by atoms with van der Waals surface area (Å²) in [6.07, 6.45) is -0.500. The molecule has 1 aromatic rings. The first-order chi connectivity index (χ1) is 9.38. The minimum atomic E-state index is -0.500. The third-order valence-corrected chi connectivity index (χ3v) is 3.12. The van der Waals surface area contributed by atoms with Gasteiger partial charge in [0, 0.05) is 19.1 Å². The summed E-state index contributed by atoms with van der Waals surface area (Å²) < 4.78 is 5.69. The van der Waals surface area contributed by atoms with Crippen LogP contribution in [0.3, 0.4) is 0 Å². The van der Waals surface area contributed by atoms with E-state index in [0.29, 0.717) is 19.2 Å². The van der Waals surface area contributed by atoms with E-state index < -0.39 is 6.10 Å². The SMILES string of the molecule is Cc1ccc(C)c(OCC(O)CNC(C)CN(C)C)c1. The minimum Gasteiger partial charge on any atom is -0.491 e. The molecule has 1 rings (SSSR count). The van der Waals surface area contributed by atoms with Crippen LogP contribution in [0.5, 0.6) is 5.75 Å². The van der Waals surface area contributed by atoms with Crippen LogP contribution in [0.1, 0.15) is 18.1 Å². The van der Waals surface area contributed by atoms with E-state index in [1.807, 2.05) is 40.1 Å². The maximum atomic E-state index is 9.95. The van der Waals surface area contributed by atoms with Gasteiger partial charge in [0.2, 0.25) is 0 Å². The van der Waals surface area contributed by atoms with E-state index in [9.17, 15) is 5.11 Å². The highest BCUT2D eigenvalue weighted by Gasteiger charge is 2.09. The van der Waals surface area contributed by atoms with Gasteiger partial charge in [-0.25, -0.2) is 0 Å². The summed E-state index contributed by atoms with van der Waals surface area (Å²) in [5.74, 6) is 0.852. The van der Waals surface area contributed by atoms with Crippen molar-refractivity contribution in [1.82, 2.24) is 10.2 Å². The van der Waals surface area contributed by atoms with Gasteiger partial charge >= 0.3 is 0 Å². The molecule has 4 heteroatoms. The molecule has 2 N–H and O–H groups in total. The summed E-state index contributed by atoms with van der Waals surface area (Å²) in [7, 11) is 4.08. The molecule has 0 aliphatic carbocycles. The maximum absolute atomic E-state index is 9.95. The number of likely N-dealkylation sites (N-methyl/N-ethyl adjacent to an activating group) is 1. The van der Waals surface area contributed by atoms with Crippen LogP contribution in [0.25, 0.3) is 0 Å². The maximum Gasteiger partial charge on any atom is 0.122 e. The van der Waals surface area contributed by atoms with Gasteiger partial charge < -0.3 is 20.1 Å². The predicted octanol–water partition coefficient (Wildman–Crippen LogP) is 1.58. The quantitative estimate of drug-likeness (QED) is 0.759. The number of aliphatic hydroxyl groups excluding tert-OH is 1. The van der Waals surface area contributed by atoms with Crippen molar-refractivity contribution in [3.8, 4) is 5.75 Å². The van der Waals surface area contributed by atoms with Crippen molar-refractivity contribution in [3.63, 3.8) is 0 Å². The molecule has 2 atom stereocenters. The average Bonchev–Trinajstić information content (AvgIpc) is 2.36. The molecule has 20 heavy (non-hydrogen) atoms. The lowest BCUT2D eigenvalue weighted by Gasteiger charge is -2.20. The van der Waals surface area contributed by atoms with E-state index >= 15 is 0 Å². The summed E-state index contributed by atoms with van der Waals surface area (Å²) in [6.45, 7) is 7.96. The molecule has 0 fully saturated rings. The largest absolute Gasteiger partial charge is 0.491 e. The Morgan fingerprint density at radius 3 is 2.65 bits per heavy atom. The fraction of sp³-hybridized carbons (Fsp3) is 0.625. The fourth-order valence-electron chi connectivity index (χ4n) is 2.06. The first kappa shape index (κ1) is 17.0. The Kier molecular flexibility index (Phi) is 6.99. The molecule has 0 bridgehead atoms. The van der Waals surface area contributed by atoms with Crippen LogP contribution in [0.15, 0.2) is 18.2 Å². The first-order valence-corrected chi connectivity index (χ1v) is 7.14. The molecule has 0 spiro atoms. The van der Waals surface area contributed by atoms with Gasteiger partial charge in [0.1, 0.15) is 18.5 Å². The number of rotatable bonds is 8. The van der Waals surface area contributed by atoms with Gasteiger partial charge in [0.05, 0.1) is 0 Å². The molecule has 0 aliphatic heterocycles. The summed E-state index contributed by atoms with van der Waals surface area (Å²) in [5, 5.41) is 13.3. The van der Waals surface area contributed by atoms with Crippen LogP contribution in [-0.4, -0.2) is 55.9 Å². The summed E-state index contributed by atoms with van der Waals surface area (Å²) >= 11 is 0. The van der Waals surface area contributed by atoms with Gasteiger partial charge in [-0.1, -0.05) is 12.1 Å². The zero-order valence-corrected chi connectivity index (χ0v) is 13.3. The summed E-state index contributed by atoms with van der Waals surface area (Å²) in [6, 6.07) is 6.45. The molecule has 4 nitrogen and oxygen atoms in total. The number of ether oxygens (including phenoxy) is 1. The second-order valence-corrected chi connectivity index (χ2v) is 5.81. The molecule has 0 heterocycles. The van der Waals surface area contributed by atoms with Crippen LogP contribution in [0.2, 0.25) is 0 Å². The first-order valence-electron chi connectivity index (χ1n) is 7.14. The van der Waals surface area contributed by atoms with E-state index in [0.717, 1.165) is 23.4 Å². The molecule has 0 saturated carbocycles. The molecule has 0 aromatic heterocycles. The van der Waals surface area contributed by atoms with Crippen LogP contribution in [-0.2, 0) is 0 Å². The lowest BCUT2D eigenvalue weighted by Crippen LogP contribution is -2.41. The van der Waals surface area contributed by atoms with Gasteiger partial charge in [-0.2, -0.15) is 0 Å². The predicted molar refractivity (Wildman–Crippen MR) is 83.4 cm³/mol. The summed E-state index contributed by atoms with van der Waals surface area (Å²) in [5.41, 5.74) is 2.26. The van der Waals surface area contributed by atoms with E-state index in [1.165, 1.54) is 0 Å². The Balaban J connectivity index is 2.32. The fourth-order valence-corrected chi connectivity index (χ4v) is 2.06. The topological polar surface area (TPSA) is 44.7 Å². The molecule has 0 amide bonds. The number of aryl methyl sites for hydroxylation is 2. The van der Waals surface area contributed by atoms with Crippen molar-refractivity contribution in [1.29, 1.82) is 0 Å². The van der Waals surface area contributed by atoms with Crippen LogP contribution in [0, 0.1) is 13.8 Å². The van der Waals surface area contributed by atoms with E-state index in [1.54, 1.807) is 0 Å². The van der Waals surface area contributed by atoms with E-state index in [2.05, 4.69) is 23.2 Å². The third-order valence-electron chi connectivity index (χ3n) is 3.12. The van der Waals surface area contributed by atoms with Gasteiger partial charge in [-0.05, 0) is 52.1 Å². The van der Waals surface area contributed by atoms with Gasteiger partial charge in [0.25, 0.3) is 0 Å². The number of nitrogens with zero attached hydrogens (tertiary/aromatic N) is 1. The monoisotopic (exact) mass is 280 g/mol. The lowest BCUT2D eigenvalue weighted by molar-refractivity contribution is 0.102. The second kappa shape index (κ2) is 8.25. The van der Waals surface area contributed by atoms with Crippen molar-refractivity contribution in [3.05, 3.63) is 29.3 Å². The number of nitrogens with one attached hydrogen (secondary N) is 1. The lowest BCUT2D eigenvalue weighted by atomic mass is 10.1. The van der Waals surface area contributed by atoms with Gasteiger partial charge in [-0.15, -0.1) is 0 Å². The average molecular weight is 280 g/mol. The van der Waals surface area contributed by atoms with E-state index in [4.69, 9.17) is 4.74 Å². The molecule has 0 saturated heterocycles. The zero-order chi connectivity index (χ0) is 15.1. The second-order valence-electron chi connectivity index (χ2n) is 5.81. The Hall–Kier alpha value is -1.10. The standard InChI is InChI=1S/C16H28N2O2/c1-12-6-7-13(2)16(8-12)20-11-15(19)9-17-14(3)10-18(4)5/h6-8,14-15,17,19H,9-11H2,1-5H3. The van der Waals surface area contributed by atoms with E-state index in [-0.39, 0.29) is 0 Å². The molecule has 2 unspecified atom stereocenters. The number of benzene rings is 1. The highest BCUT2D eigenvalue weighted by atomic mass is 16.5. The minimum absolute atomic E-state index is 0.311. The highest BCUT2D eigenvalue weighted by molar-refractivity contribution is 5.35. The molecule has 0 aliphatic rings. The smallest absolute Gasteiger partial charge is 0.122 e. The number of hydrogen-bond acceptors (Lipinski definition) is 4. The van der Waals surface area contributed by atoms with Crippen LogP contribution < -0.4 is 10.1 Å². The van der Waals surface area contributed by atoms with Crippen molar-refractivity contribution < 1.29 is 9.84 Å². The van der Waals surface area contributed by atoms with Crippen molar-refractivity contribution >= 4 is 0 Å². The molecular formula is C16H28N2O2. The Labute approximate surface area is 122 Å². The van der Waals surface area contributed by atoms with Crippen molar-refractivity contribution in [2.45, 2.75) is 32.9 Å². The molecular weight excluding hydrogens is 252 g/mol. The highest BCUT2D eigenvalue weighted by Crippen LogP contribution is 2.19. The Morgan fingerprint density at radius 1 is 1.30 bits per heavy atom. The number of hydrogen-bond donors (Lipinski definition) is 2. The van der Waals surface area contributed by atoms with Crippen molar-refractivity contribution in [2.24, 2.45) is 0 Å². The van der Waals surface area contributed by atoms with Crippen LogP contribution in [0.4, 0.5) is 0 Å². The Morgan fingerprint density at radius 2 is 2.00 bits per heavy atom. The number of aliphatic hydroxyl groups is 1. The molecule has 1 aromatic carbocycles. The van der Waals surface area contributed by atoms with Crippen molar-refractivity contribution in [2.75, 3.05) is 33.8 Å². The normalized spacial score (nSPS) is 14.3. The van der Waals surface area contributed by atoms with Crippen LogP contribution >= 0.6 is 0 Å².